The van der Waals surface area contributed by atoms with Crippen molar-refractivity contribution in [1.29, 1.82) is 0 Å². The number of ketones is 1. The predicted molar refractivity (Wildman–Crippen MR) is 110 cm³/mol. The first-order valence-electron chi connectivity index (χ1n) is 9.70. The van der Waals surface area contributed by atoms with E-state index < -0.39 is 11.6 Å². The second-order valence-electron chi connectivity index (χ2n) is 7.08. The molecular weight excluding hydrogens is 354 g/mol. The summed E-state index contributed by atoms with van der Waals surface area (Å²) in [4.78, 5) is 11.4. The minimum Gasteiger partial charge on any atom is -0.295 e. The van der Waals surface area contributed by atoms with Crippen LogP contribution in [0.25, 0.3) is 22.3 Å². The average Bonchev–Trinajstić information content (AvgIpc) is 2.71. The topological polar surface area (TPSA) is 17.1 Å². The Bertz CT molecular complexity index is 957. The molecule has 0 spiro atoms. The normalized spacial score (nSPS) is 10.9. The van der Waals surface area contributed by atoms with Gasteiger partial charge in [-0.05, 0) is 36.5 Å². The van der Waals surface area contributed by atoms with Gasteiger partial charge in [-0.2, -0.15) is 0 Å². The number of carbonyl (C=O) groups is 1. The summed E-state index contributed by atoms with van der Waals surface area (Å²) in [6, 6.07) is 17.4. The number of halogens is 2. The Morgan fingerprint density at radius 1 is 0.750 bits per heavy atom. The fourth-order valence-electron chi connectivity index (χ4n) is 3.31. The summed E-state index contributed by atoms with van der Waals surface area (Å²) in [6.45, 7) is 3.64. The van der Waals surface area contributed by atoms with Gasteiger partial charge in [0.2, 0.25) is 0 Å². The number of hydrogen-bond donors (Lipinski definition) is 0. The molecule has 0 aliphatic carbocycles. The van der Waals surface area contributed by atoms with E-state index in [-0.39, 0.29) is 16.9 Å². The lowest BCUT2D eigenvalue weighted by Gasteiger charge is -2.10. The van der Waals surface area contributed by atoms with Gasteiger partial charge in [0.25, 0.3) is 0 Å². The number of benzene rings is 3. The summed E-state index contributed by atoms with van der Waals surface area (Å²) >= 11 is 0. The van der Waals surface area contributed by atoms with Crippen molar-refractivity contribution in [1.82, 2.24) is 0 Å². The van der Waals surface area contributed by atoms with Crippen LogP contribution in [0.3, 0.4) is 0 Å². The molecule has 0 N–H and O–H groups in total. The predicted octanol–water partition coefficient (Wildman–Crippen LogP) is 7.23. The SMILES string of the molecule is CCCCCc1ccc(-c2ccc(-c3ccc(C(C)=O)cc3)c(F)c2F)cc1. The zero-order chi connectivity index (χ0) is 20.1. The van der Waals surface area contributed by atoms with Crippen LogP contribution < -0.4 is 0 Å². The molecule has 28 heavy (non-hydrogen) atoms. The first-order valence-corrected chi connectivity index (χ1v) is 9.70. The molecule has 0 bridgehead atoms. The molecule has 3 aromatic rings. The highest BCUT2D eigenvalue weighted by Gasteiger charge is 2.16. The average molecular weight is 378 g/mol. The van der Waals surface area contributed by atoms with E-state index in [4.69, 9.17) is 0 Å². The highest BCUT2D eigenvalue weighted by atomic mass is 19.2. The van der Waals surface area contributed by atoms with Crippen LogP contribution in [0, 0.1) is 11.6 Å². The molecule has 0 heterocycles. The maximum absolute atomic E-state index is 14.8. The maximum Gasteiger partial charge on any atom is 0.167 e. The Kier molecular flexibility index (Phi) is 6.35. The van der Waals surface area contributed by atoms with Crippen LogP contribution in [-0.4, -0.2) is 5.78 Å². The zero-order valence-electron chi connectivity index (χ0n) is 16.3. The quantitative estimate of drug-likeness (QED) is 0.313. The van der Waals surface area contributed by atoms with Gasteiger partial charge in [-0.15, -0.1) is 0 Å². The largest absolute Gasteiger partial charge is 0.295 e. The van der Waals surface area contributed by atoms with Gasteiger partial charge in [0, 0.05) is 16.7 Å². The molecule has 3 aromatic carbocycles. The molecule has 0 aliphatic rings. The van der Waals surface area contributed by atoms with E-state index in [1.54, 1.807) is 36.4 Å². The second kappa shape index (κ2) is 8.92. The molecule has 3 heteroatoms. The van der Waals surface area contributed by atoms with E-state index in [0.717, 1.165) is 12.8 Å². The Balaban J connectivity index is 1.86. The van der Waals surface area contributed by atoms with Crippen LogP contribution in [0.5, 0.6) is 0 Å². The van der Waals surface area contributed by atoms with Crippen molar-refractivity contribution in [3.8, 4) is 22.3 Å². The lowest BCUT2D eigenvalue weighted by Crippen LogP contribution is -1.95. The highest BCUT2D eigenvalue weighted by molar-refractivity contribution is 5.94. The number of hydrogen-bond acceptors (Lipinski definition) is 1. The summed E-state index contributed by atoms with van der Waals surface area (Å²) in [5, 5.41) is 0. The Labute approximate surface area is 165 Å². The summed E-state index contributed by atoms with van der Waals surface area (Å²) in [5.41, 5.74) is 3.39. The molecule has 0 saturated carbocycles. The third-order valence-corrected chi connectivity index (χ3v) is 5.02. The van der Waals surface area contributed by atoms with Crippen LogP contribution in [0.1, 0.15) is 49.0 Å². The van der Waals surface area contributed by atoms with Crippen LogP contribution in [-0.2, 0) is 6.42 Å². The summed E-state index contributed by atoms with van der Waals surface area (Å²) in [7, 11) is 0. The fraction of sp³-hybridized carbons (Fsp3) is 0.240. The van der Waals surface area contributed by atoms with E-state index in [1.807, 2.05) is 24.3 Å². The van der Waals surface area contributed by atoms with Gasteiger partial charge < -0.3 is 0 Å². The Hall–Kier alpha value is -2.81. The third-order valence-electron chi connectivity index (χ3n) is 5.02. The second-order valence-corrected chi connectivity index (χ2v) is 7.08. The van der Waals surface area contributed by atoms with Gasteiger partial charge >= 0.3 is 0 Å². The standard InChI is InChI=1S/C25H24F2O/c1-3-4-5-6-18-7-9-20(10-8-18)22-15-16-23(25(27)24(22)26)21-13-11-19(12-14-21)17(2)28/h7-16H,3-6H2,1-2H3. The van der Waals surface area contributed by atoms with Gasteiger partial charge in [-0.3, -0.25) is 4.79 Å². The van der Waals surface area contributed by atoms with Crippen LogP contribution >= 0.6 is 0 Å². The number of carbonyl (C=O) groups excluding carboxylic acids is 1. The molecule has 0 atom stereocenters. The minimum atomic E-state index is -0.875. The van der Waals surface area contributed by atoms with E-state index in [9.17, 15) is 13.6 Å². The summed E-state index contributed by atoms with van der Waals surface area (Å²) in [6.07, 6.45) is 4.50. The maximum atomic E-state index is 14.8. The van der Waals surface area contributed by atoms with Crippen molar-refractivity contribution < 1.29 is 13.6 Å². The van der Waals surface area contributed by atoms with Gasteiger partial charge in [0.05, 0.1) is 0 Å². The first-order chi connectivity index (χ1) is 13.5. The molecule has 0 saturated heterocycles. The van der Waals surface area contributed by atoms with Crippen molar-refractivity contribution in [2.24, 2.45) is 0 Å². The lowest BCUT2D eigenvalue weighted by molar-refractivity contribution is 0.101. The van der Waals surface area contributed by atoms with Crippen molar-refractivity contribution in [2.75, 3.05) is 0 Å². The molecule has 144 valence electrons. The molecule has 0 aromatic heterocycles. The molecular formula is C25H24F2O. The van der Waals surface area contributed by atoms with E-state index in [1.165, 1.54) is 25.3 Å². The smallest absolute Gasteiger partial charge is 0.167 e. The number of rotatable bonds is 7. The van der Waals surface area contributed by atoms with Gasteiger partial charge in [-0.1, -0.05) is 80.4 Å². The molecule has 3 rings (SSSR count). The Morgan fingerprint density at radius 3 is 1.71 bits per heavy atom. The highest BCUT2D eigenvalue weighted by Crippen LogP contribution is 2.31. The van der Waals surface area contributed by atoms with Crippen molar-refractivity contribution >= 4 is 5.78 Å². The number of unbranched alkanes of at least 4 members (excludes halogenated alkanes) is 2. The van der Waals surface area contributed by atoms with Gasteiger partial charge in [-0.25, -0.2) is 8.78 Å². The zero-order valence-corrected chi connectivity index (χ0v) is 16.3. The molecule has 1 nitrogen and oxygen atoms in total. The van der Waals surface area contributed by atoms with Gasteiger partial charge in [0.1, 0.15) is 0 Å². The number of Topliss-reactive ketones (excluding diaryl/α,β-unsaturated/α-hetero) is 1. The fourth-order valence-corrected chi connectivity index (χ4v) is 3.31. The summed E-state index contributed by atoms with van der Waals surface area (Å²) < 4.78 is 29.5. The number of aryl methyl sites for hydroxylation is 1. The van der Waals surface area contributed by atoms with Crippen molar-refractivity contribution in [3.05, 3.63) is 83.4 Å². The molecule has 0 unspecified atom stereocenters. The first kappa shape index (κ1) is 19.9. The van der Waals surface area contributed by atoms with Crippen LogP contribution in [0.15, 0.2) is 60.7 Å². The van der Waals surface area contributed by atoms with Crippen molar-refractivity contribution in [2.45, 2.75) is 39.5 Å². The van der Waals surface area contributed by atoms with E-state index in [2.05, 4.69) is 6.92 Å². The monoisotopic (exact) mass is 378 g/mol. The van der Waals surface area contributed by atoms with Crippen molar-refractivity contribution in [3.63, 3.8) is 0 Å². The molecule has 0 aliphatic heterocycles. The van der Waals surface area contributed by atoms with Crippen LogP contribution in [0.2, 0.25) is 0 Å². The minimum absolute atomic E-state index is 0.0632. The molecule has 0 fully saturated rings. The third kappa shape index (κ3) is 4.36. The van der Waals surface area contributed by atoms with Gasteiger partial charge in [0.15, 0.2) is 17.4 Å². The molecule has 0 amide bonds. The van der Waals surface area contributed by atoms with E-state index >= 15 is 0 Å². The Morgan fingerprint density at radius 2 is 1.25 bits per heavy atom. The van der Waals surface area contributed by atoms with E-state index in [0.29, 0.717) is 16.7 Å². The summed E-state index contributed by atoms with van der Waals surface area (Å²) in [5.74, 6) is -1.79. The van der Waals surface area contributed by atoms with Crippen LogP contribution in [0.4, 0.5) is 8.78 Å². The lowest BCUT2D eigenvalue weighted by atomic mass is 9.96. The molecule has 0 radical (unpaired) electrons.